The van der Waals surface area contributed by atoms with Crippen LogP contribution >= 0.6 is 0 Å². The topological polar surface area (TPSA) is 74.6 Å². The Balaban J connectivity index is 1.78. The first kappa shape index (κ1) is 19.1. The van der Waals surface area contributed by atoms with Gasteiger partial charge in [0.25, 0.3) is 0 Å². The maximum atomic E-state index is 12.7. The van der Waals surface area contributed by atoms with Gasteiger partial charge in [-0.25, -0.2) is 0 Å². The second kappa shape index (κ2) is 5.87. The molecule has 4 aliphatic rings. The predicted molar refractivity (Wildman–Crippen MR) is 103 cm³/mol. The van der Waals surface area contributed by atoms with Crippen molar-refractivity contribution in [1.29, 1.82) is 0 Å². The lowest BCUT2D eigenvalue weighted by molar-refractivity contribution is -0.157. The van der Waals surface area contributed by atoms with Gasteiger partial charge in [0.2, 0.25) is 0 Å². The molecule has 4 heteroatoms. The van der Waals surface area contributed by atoms with Crippen molar-refractivity contribution in [3.05, 3.63) is 23.8 Å². The zero-order valence-corrected chi connectivity index (χ0v) is 16.9. The van der Waals surface area contributed by atoms with Gasteiger partial charge in [-0.05, 0) is 61.0 Å². The van der Waals surface area contributed by atoms with Gasteiger partial charge < -0.3 is 10.2 Å². The summed E-state index contributed by atoms with van der Waals surface area (Å²) in [6.07, 6.45) is 8.25. The van der Waals surface area contributed by atoms with Gasteiger partial charge in [0.1, 0.15) is 6.61 Å². The number of hydrogen-bond acceptors (Lipinski definition) is 4. The standard InChI is InChI=1S/C23H32O4/c1-13-9-15-16-6-8-22(3,19(27)12-24)23(16,4)11-18(26)20(15)21(2)7-5-14(25)10-17(13)21/h5,7,10,13,15-16,18,20,24,26H,6,8-9,11-12H2,1-4H3. The molecule has 8 unspecified atom stereocenters. The minimum absolute atomic E-state index is 0.0462. The van der Waals surface area contributed by atoms with Crippen molar-refractivity contribution in [2.45, 2.75) is 59.5 Å². The van der Waals surface area contributed by atoms with Crippen LogP contribution in [0.2, 0.25) is 0 Å². The van der Waals surface area contributed by atoms with Crippen LogP contribution in [-0.2, 0) is 9.59 Å². The van der Waals surface area contributed by atoms with Crippen LogP contribution < -0.4 is 0 Å². The van der Waals surface area contributed by atoms with E-state index in [1.807, 2.05) is 13.0 Å². The van der Waals surface area contributed by atoms with Crippen LogP contribution in [0, 0.1) is 39.9 Å². The molecule has 0 spiro atoms. The smallest absolute Gasteiger partial charge is 0.178 e. The van der Waals surface area contributed by atoms with Crippen molar-refractivity contribution in [2.75, 3.05) is 6.61 Å². The second-order valence-electron chi connectivity index (χ2n) is 10.2. The lowest BCUT2D eigenvalue weighted by Crippen LogP contribution is -2.59. The zero-order chi connectivity index (χ0) is 19.8. The molecule has 4 aliphatic carbocycles. The number of carbonyl (C=O) groups is 2. The third-order valence-corrected chi connectivity index (χ3v) is 9.18. The molecule has 0 aromatic carbocycles. The number of allylic oxidation sites excluding steroid dienone is 4. The number of ketones is 2. The van der Waals surface area contributed by atoms with Gasteiger partial charge in [0, 0.05) is 16.7 Å². The molecule has 3 fully saturated rings. The van der Waals surface area contributed by atoms with E-state index in [9.17, 15) is 19.8 Å². The number of carbonyl (C=O) groups excluding carboxylic acids is 2. The number of aliphatic hydroxyl groups is 2. The first-order valence-corrected chi connectivity index (χ1v) is 10.4. The lowest BCUT2D eigenvalue weighted by atomic mass is 9.43. The Labute approximate surface area is 161 Å². The van der Waals surface area contributed by atoms with Crippen LogP contribution in [0.3, 0.4) is 0 Å². The molecule has 4 rings (SSSR count). The number of aliphatic hydroxyl groups excluding tert-OH is 2. The summed E-state index contributed by atoms with van der Waals surface area (Å²) in [5.41, 5.74) is -0.00144. The summed E-state index contributed by atoms with van der Waals surface area (Å²) in [7, 11) is 0. The highest BCUT2D eigenvalue weighted by atomic mass is 16.3. The van der Waals surface area contributed by atoms with Gasteiger partial charge in [-0.3, -0.25) is 9.59 Å². The normalized spacial score (nSPS) is 51.3. The van der Waals surface area contributed by atoms with E-state index >= 15 is 0 Å². The van der Waals surface area contributed by atoms with Crippen LogP contribution in [0.4, 0.5) is 0 Å². The molecule has 4 nitrogen and oxygen atoms in total. The third-order valence-electron chi connectivity index (χ3n) is 9.18. The molecular weight excluding hydrogens is 340 g/mol. The van der Waals surface area contributed by atoms with Crippen LogP contribution in [0.1, 0.15) is 53.4 Å². The molecule has 0 heterocycles. The van der Waals surface area contributed by atoms with E-state index in [4.69, 9.17) is 0 Å². The van der Waals surface area contributed by atoms with Crippen molar-refractivity contribution in [2.24, 2.45) is 39.9 Å². The molecule has 0 saturated heterocycles. The summed E-state index contributed by atoms with van der Waals surface area (Å²) in [6, 6.07) is 0. The summed E-state index contributed by atoms with van der Waals surface area (Å²) >= 11 is 0. The minimum Gasteiger partial charge on any atom is -0.393 e. The Morgan fingerprint density at radius 3 is 2.67 bits per heavy atom. The second-order valence-corrected chi connectivity index (χ2v) is 10.2. The Bertz CT molecular complexity index is 751. The number of rotatable bonds is 2. The SMILES string of the molecule is CC1CC2C(C(O)CC3(C)C2CCC3(C)C(=O)CO)C2(C)C=CC(=O)C=C12. The molecule has 0 aliphatic heterocycles. The van der Waals surface area contributed by atoms with Crippen molar-refractivity contribution in [3.63, 3.8) is 0 Å². The largest absolute Gasteiger partial charge is 0.393 e. The highest BCUT2D eigenvalue weighted by molar-refractivity contribution is 6.01. The molecule has 0 radical (unpaired) electrons. The van der Waals surface area contributed by atoms with E-state index in [0.29, 0.717) is 24.2 Å². The molecule has 148 valence electrons. The predicted octanol–water partition coefficient (Wildman–Crippen LogP) is 3.08. The summed E-state index contributed by atoms with van der Waals surface area (Å²) in [5, 5.41) is 20.9. The summed E-state index contributed by atoms with van der Waals surface area (Å²) in [5.74, 6) is 1.01. The summed E-state index contributed by atoms with van der Waals surface area (Å²) in [6.45, 7) is 8.11. The van der Waals surface area contributed by atoms with E-state index < -0.39 is 18.1 Å². The number of hydrogen-bond donors (Lipinski definition) is 2. The molecule has 0 aromatic heterocycles. The van der Waals surface area contributed by atoms with Crippen LogP contribution in [0.15, 0.2) is 23.8 Å². The average Bonchev–Trinajstić information content (AvgIpc) is 2.87. The van der Waals surface area contributed by atoms with Gasteiger partial charge >= 0.3 is 0 Å². The van der Waals surface area contributed by atoms with Crippen molar-refractivity contribution >= 4 is 11.6 Å². The van der Waals surface area contributed by atoms with E-state index in [-0.39, 0.29) is 28.3 Å². The molecule has 2 N–H and O–H groups in total. The Hall–Kier alpha value is -1.26. The van der Waals surface area contributed by atoms with E-state index in [0.717, 1.165) is 24.8 Å². The summed E-state index contributed by atoms with van der Waals surface area (Å²) < 4.78 is 0. The number of fused-ring (bicyclic) bond motifs is 5. The zero-order valence-electron chi connectivity index (χ0n) is 16.9. The van der Waals surface area contributed by atoms with Crippen molar-refractivity contribution in [1.82, 2.24) is 0 Å². The van der Waals surface area contributed by atoms with E-state index in [1.165, 1.54) is 0 Å². The summed E-state index contributed by atoms with van der Waals surface area (Å²) in [4.78, 5) is 24.7. The van der Waals surface area contributed by atoms with Gasteiger partial charge in [-0.2, -0.15) is 0 Å². The highest BCUT2D eigenvalue weighted by Crippen LogP contribution is 2.70. The molecule has 0 amide bonds. The van der Waals surface area contributed by atoms with Crippen LogP contribution in [-0.4, -0.2) is 34.5 Å². The Morgan fingerprint density at radius 1 is 1.30 bits per heavy atom. The van der Waals surface area contributed by atoms with Gasteiger partial charge in [0.05, 0.1) is 6.10 Å². The molecule has 3 saturated carbocycles. The first-order valence-electron chi connectivity index (χ1n) is 10.4. The van der Waals surface area contributed by atoms with E-state index in [1.54, 1.807) is 12.2 Å². The van der Waals surface area contributed by atoms with Gasteiger partial charge in [-0.1, -0.05) is 39.3 Å². The van der Waals surface area contributed by atoms with Crippen LogP contribution in [0.5, 0.6) is 0 Å². The fourth-order valence-electron chi connectivity index (χ4n) is 7.63. The minimum atomic E-state index is -0.572. The average molecular weight is 373 g/mol. The van der Waals surface area contributed by atoms with Crippen molar-refractivity contribution < 1.29 is 19.8 Å². The van der Waals surface area contributed by atoms with Crippen LogP contribution in [0.25, 0.3) is 0 Å². The first-order chi connectivity index (χ1) is 12.6. The fraction of sp³-hybridized carbons (Fsp3) is 0.739. The Morgan fingerprint density at radius 2 is 2.00 bits per heavy atom. The fourth-order valence-corrected chi connectivity index (χ4v) is 7.63. The van der Waals surface area contributed by atoms with Gasteiger partial charge in [-0.15, -0.1) is 0 Å². The lowest BCUT2D eigenvalue weighted by Gasteiger charge is -2.61. The molecule has 27 heavy (non-hydrogen) atoms. The Kier molecular flexibility index (Phi) is 4.15. The monoisotopic (exact) mass is 372 g/mol. The van der Waals surface area contributed by atoms with Gasteiger partial charge in [0.15, 0.2) is 11.6 Å². The maximum Gasteiger partial charge on any atom is 0.178 e. The molecular formula is C23H32O4. The highest BCUT2D eigenvalue weighted by Gasteiger charge is 2.67. The molecule has 0 bridgehead atoms. The third kappa shape index (κ3) is 2.29. The quantitative estimate of drug-likeness (QED) is 0.781. The van der Waals surface area contributed by atoms with Crippen molar-refractivity contribution in [3.8, 4) is 0 Å². The maximum absolute atomic E-state index is 12.7. The molecule has 8 atom stereocenters. The number of Topliss-reactive ketones (excluding diaryl/α,β-unsaturated/α-hetero) is 1. The van der Waals surface area contributed by atoms with E-state index in [2.05, 4.69) is 20.8 Å². The molecule has 0 aromatic rings.